The van der Waals surface area contributed by atoms with Gasteiger partial charge in [-0.1, -0.05) is 0 Å². The van der Waals surface area contributed by atoms with Gasteiger partial charge in [-0.25, -0.2) is 8.42 Å². The number of aliphatic hydroxyl groups is 1. The predicted molar refractivity (Wildman–Crippen MR) is 57.7 cm³/mol. The molecule has 0 unspecified atom stereocenters. The van der Waals surface area contributed by atoms with E-state index in [0.29, 0.717) is 26.2 Å². The van der Waals surface area contributed by atoms with E-state index in [2.05, 4.69) is 0 Å². The van der Waals surface area contributed by atoms with Gasteiger partial charge in [0.1, 0.15) is 0 Å². The molecular weight excluding hydrogens is 232 g/mol. The summed E-state index contributed by atoms with van der Waals surface area (Å²) in [4.78, 5) is 14.1. The standard InChI is InChI=1S/C9H16N2O4S/c12-7-10-1-3-11(4-2-10)8-5-16(14,15)6-9(8)13/h7-9,13H,1-6H2/t8-,9+/m1/s1. The first-order valence-electron chi connectivity index (χ1n) is 5.34. The van der Waals surface area contributed by atoms with E-state index in [0.717, 1.165) is 6.41 Å². The highest BCUT2D eigenvalue weighted by Crippen LogP contribution is 2.19. The average molecular weight is 248 g/mol. The predicted octanol–water partition coefficient (Wildman–Crippen LogP) is -2.08. The number of amides is 1. The molecule has 0 aliphatic carbocycles. The van der Waals surface area contributed by atoms with Gasteiger partial charge in [-0.05, 0) is 0 Å². The highest BCUT2D eigenvalue weighted by molar-refractivity contribution is 7.91. The Bertz CT molecular complexity index is 362. The van der Waals surface area contributed by atoms with Gasteiger partial charge in [-0.15, -0.1) is 0 Å². The first-order chi connectivity index (χ1) is 7.52. The van der Waals surface area contributed by atoms with Crippen LogP contribution in [0.3, 0.4) is 0 Å². The van der Waals surface area contributed by atoms with Crippen LogP contribution in [0.4, 0.5) is 0 Å². The van der Waals surface area contributed by atoms with Crippen molar-refractivity contribution in [3.05, 3.63) is 0 Å². The lowest BCUT2D eigenvalue weighted by atomic mass is 10.1. The lowest BCUT2D eigenvalue weighted by Gasteiger charge is -2.36. The van der Waals surface area contributed by atoms with Gasteiger partial charge >= 0.3 is 0 Å². The highest BCUT2D eigenvalue weighted by Gasteiger charge is 2.40. The molecule has 2 atom stereocenters. The Morgan fingerprint density at radius 3 is 2.19 bits per heavy atom. The maximum Gasteiger partial charge on any atom is 0.209 e. The Kier molecular flexibility index (Phi) is 3.18. The molecule has 0 aromatic heterocycles. The number of rotatable bonds is 2. The maximum atomic E-state index is 11.4. The number of carbonyl (C=O) groups is 1. The molecule has 1 amide bonds. The summed E-state index contributed by atoms with van der Waals surface area (Å²) in [6, 6.07) is -0.293. The van der Waals surface area contributed by atoms with Gasteiger partial charge in [0.2, 0.25) is 6.41 Å². The third-order valence-corrected chi connectivity index (χ3v) is 4.96. The van der Waals surface area contributed by atoms with E-state index >= 15 is 0 Å². The summed E-state index contributed by atoms with van der Waals surface area (Å²) in [6.45, 7) is 2.48. The van der Waals surface area contributed by atoms with Crippen molar-refractivity contribution in [3.8, 4) is 0 Å². The van der Waals surface area contributed by atoms with Crippen LogP contribution in [-0.4, -0.2) is 79.6 Å². The fraction of sp³-hybridized carbons (Fsp3) is 0.889. The van der Waals surface area contributed by atoms with Crippen molar-refractivity contribution < 1.29 is 18.3 Å². The van der Waals surface area contributed by atoms with Gasteiger partial charge in [-0.2, -0.15) is 0 Å². The first kappa shape index (κ1) is 11.8. The van der Waals surface area contributed by atoms with Crippen LogP contribution in [0.25, 0.3) is 0 Å². The van der Waals surface area contributed by atoms with Crippen molar-refractivity contribution in [3.63, 3.8) is 0 Å². The second-order valence-electron chi connectivity index (χ2n) is 4.39. The minimum Gasteiger partial charge on any atom is -0.390 e. The molecule has 2 rings (SSSR count). The molecule has 0 aromatic carbocycles. The zero-order valence-electron chi connectivity index (χ0n) is 8.95. The van der Waals surface area contributed by atoms with Crippen molar-refractivity contribution >= 4 is 16.2 Å². The Morgan fingerprint density at radius 2 is 1.75 bits per heavy atom. The van der Waals surface area contributed by atoms with Gasteiger partial charge in [0.15, 0.2) is 9.84 Å². The van der Waals surface area contributed by atoms with Crippen LogP contribution in [0.1, 0.15) is 0 Å². The molecule has 0 radical (unpaired) electrons. The van der Waals surface area contributed by atoms with Crippen LogP contribution in [0.15, 0.2) is 0 Å². The van der Waals surface area contributed by atoms with E-state index in [-0.39, 0.29) is 17.5 Å². The second kappa shape index (κ2) is 4.31. The number of hydrogen-bond acceptors (Lipinski definition) is 5. The Labute approximate surface area is 94.7 Å². The van der Waals surface area contributed by atoms with Gasteiger partial charge in [-0.3, -0.25) is 9.69 Å². The van der Waals surface area contributed by atoms with E-state index in [1.165, 1.54) is 0 Å². The second-order valence-corrected chi connectivity index (χ2v) is 6.54. The Hall–Kier alpha value is -0.660. The fourth-order valence-electron chi connectivity index (χ4n) is 2.33. The molecule has 0 aromatic rings. The first-order valence-corrected chi connectivity index (χ1v) is 7.16. The highest BCUT2D eigenvalue weighted by atomic mass is 32.2. The number of piperazine rings is 1. The molecule has 92 valence electrons. The molecule has 16 heavy (non-hydrogen) atoms. The molecule has 7 heteroatoms. The quantitative estimate of drug-likeness (QED) is 0.567. The van der Waals surface area contributed by atoms with E-state index in [1.54, 1.807) is 4.90 Å². The minimum absolute atomic E-state index is 0.0370. The normalized spacial score (nSPS) is 35.2. The van der Waals surface area contributed by atoms with E-state index in [9.17, 15) is 18.3 Å². The zero-order valence-corrected chi connectivity index (χ0v) is 9.77. The minimum atomic E-state index is -3.09. The van der Waals surface area contributed by atoms with Gasteiger partial charge in [0, 0.05) is 26.2 Å². The molecular formula is C9H16N2O4S. The van der Waals surface area contributed by atoms with Crippen LogP contribution in [0.5, 0.6) is 0 Å². The number of nitrogens with zero attached hydrogens (tertiary/aromatic N) is 2. The SMILES string of the molecule is O=CN1CCN([C@@H]2CS(=O)(=O)C[C@@H]2O)CC1. The van der Waals surface area contributed by atoms with Gasteiger partial charge in [0.25, 0.3) is 0 Å². The number of carbonyl (C=O) groups excluding carboxylic acids is 1. The molecule has 0 spiro atoms. The summed E-state index contributed by atoms with van der Waals surface area (Å²) >= 11 is 0. The zero-order chi connectivity index (χ0) is 11.8. The summed E-state index contributed by atoms with van der Waals surface area (Å²) in [7, 11) is -3.09. The largest absolute Gasteiger partial charge is 0.390 e. The number of aliphatic hydroxyl groups excluding tert-OH is 1. The fourth-order valence-corrected chi connectivity index (χ4v) is 4.17. The Morgan fingerprint density at radius 1 is 1.12 bits per heavy atom. The van der Waals surface area contributed by atoms with Crippen molar-refractivity contribution in [2.45, 2.75) is 12.1 Å². The summed E-state index contributed by atoms with van der Waals surface area (Å²) < 4.78 is 22.7. The van der Waals surface area contributed by atoms with Crippen LogP contribution < -0.4 is 0 Å². The summed E-state index contributed by atoms with van der Waals surface area (Å²) in [5.41, 5.74) is 0. The average Bonchev–Trinajstić information content (AvgIpc) is 2.52. The van der Waals surface area contributed by atoms with Crippen LogP contribution in [-0.2, 0) is 14.6 Å². The number of hydrogen-bond donors (Lipinski definition) is 1. The van der Waals surface area contributed by atoms with Crippen molar-refractivity contribution in [1.82, 2.24) is 9.80 Å². The molecule has 2 fully saturated rings. The molecule has 2 aliphatic rings. The van der Waals surface area contributed by atoms with Crippen LogP contribution in [0.2, 0.25) is 0 Å². The summed E-state index contributed by atoms with van der Waals surface area (Å²) in [5.74, 6) is -0.0964. The smallest absolute Gasteiger partial charge is 0.209 e. The van der Waals surface area contributed by atoms with E-state index in [1.807, 2.05) is 4.90 Å². The Balaban J connectivity index is 1.97. The van der Waals surface area contributed by atoms with Crippen molar-refractivity contribution in [1.29, 1.82) is 0 Å². The molecule has 2 heterocycles. The third-order valence-electron chi connectivity index (χ3n) is 3.26. The van der Waals surface area contributed by atoms with Gasteiger partial charge < -0.3 is 10.0 Å². The molecule has 2 aliphatic heterocycles. The van der Waals surface area contributed by atoms with Crippen LogP contribution >= 0.6 is 0 Å². The lowest BCUT2D eigenvalue weighted by molar-refractivity contribution is -0.120. The molecule has 1 N–H and O–H groups in total. The monoisotopic (exact) mass is 248 g/mol. The lowest BCUT2D eigenvalue weighted by Crippen LogP contribution is -2.53. The molecule has 6 nitrogen and oxygen atoms in total. The summed E-state index contributed by atoms with van der Waals surface area (Å²) in [6.07, 6.45) is 0.0203. The van der Waals surface area contributed by atoms with Crippen molar-refractivity contribution in [2.24, 2.45) is 0 Å². The number of sulfone groups is 1. The van der Waals surface area contributed by atoms with Crippen molar-refractivity contribution in [2.75, 3.05) is 37.7 Å². The molecule has 0 bridgehead atoms. The van der Waals surface area contributed by atoms with Gasteiger partial charge in [0.05, 0.1) is 23.7 Å². The third kappa shape index (κ3) is 2.36. The van der Waals surface area contributed by atoms with E-state index in [4.69, 9.17) is 0 Å². The molecule has 0 saturated carbocycles. The van der Waals surface area contributed by atoms with Crippen LogP contribution in [0, 0.1) is 0 Å². The molecule has 2 saturated heterocycles. The maximum absolute atomic E-state index is 11.4. The summed E-state index contributed by atoms with van der Waals surface area (Å²) in [5, 5.41) is 9.70. The topological polar surface area (TPSA) is 77.9 Å². The van der Waals surface area contributed by atoms with E-state index < -0.39 is 15.9 Å².